The molecule has 106 valence electrons. The third kappa shape index (κ3) is 2.67. The molecule has 2 N–H and O–H groups in total. The van der Waals surface area contributed by atoms with Crippen molar-refractivity contribution in [2.75, 3.05) is 7.11 Å². The molecule has 0 amide bonds. The van der Waals surface area contributed by atoms with E-state index in [1.807, 2.05) is 38.1 Å². The molecule has 1 aliphatic rings. The van der Waals surface area contributed by atoms with Gasteiger partial charge in [-0.05, 0) is 36.7 Å². The molecule has 1 aliphatic heterocycles. The second-order valence-corrected chi connectivity index (χ2v) is 5.03. The van der Waals surface area contributed by atoms with Crippen molar-refractivity contribution in [1.29, 1.82) is 0 Å². The van der Waals surface area contributed by atoms with Crippen molar-refractivity contribution < 1.29 is 9.53 Å². The topological polar surface area (TPSA) is 50.4 Å². The maximum absolute atomic E-state index is 12.1. The van der Waals surface area contributed by atoms with Crippen molar-refractivity contribution in [2.45, 2.75) is 26.3 Å². The Hall–Kier alpha value is -1.88. The van der Waals surface area contributed by atoms with Crippen LogP contribution in [0.1, 0.15) is 30.5 Å². The first kappa shape index (κ1) is 14.5. The third-order valence-corrected chi connectivity index (χ3v) is 3.63. The van der Waals surface area contributed by atoms with E-state index in [0.29, 0.717) is 17.1 Å². The Morgan fingerprint density at radius 3 is 2.70 bits per heavy atom. The molecule has 0 bridgehead atoms. The van der Waals surface area contributed by atoms with Gasteiger partial charge in [0.05, 0.1) is 18.7 Å². The molecule has 1 aromatic carbocycles. The van der Waals surface area contributed by atoms with Gasteiger partial charge < -0.3 is 15.4 Å². The van der Waals surface area contributed by atoms with Crippen LogP contribution in [0.2, 0.25) is 0 Å². The van der Waals surface area contributed by atoms with Gasteiger partial charge in [-0.15, -0.1) is 0 Å². The summed E-state index contributed by atoms with van der Waals surface area (Å²) in [6, 6.07) is 7.67. The molecule has 0 radical (unpaired) electrons. The number of nitrogens with one attached hydrogen (secondary N) is 2. The minimum absolute atomic E-state index is 0.271. The number of ether oxygens (including phenoxy) is 1. The second-order valence-electron chi connectivity index (χ2n) is 4.63. The summed E-state index contributed by atoms with van der Waals surface area (Å²) in [5, 5.41) is 6.74. The molecule has 0 fully saturated rings. The van der Waals surface area contributed by atoms with Crippen molar-refractivity contribution in [3.8, 4) is 0 Å². The van der Waals surface area contributed by atoms with E-state index >= 15 is 0 Å². The number of benzene rings is 1. The maximum atomic E-state index is 12.1. The number of rotatable bonds is 3. The molecule has 2 rings (SSSR count). The van der Waals surface area contributed by atoms with Crippen LogP contribution in [0.4, 0.5) is 0 Å². The van der Waals surface area contributed by atoms with Gasteiger partial charge in [-0.1, -0.05) is 31.2 Å². The molecule has 1 heterocycles. The minimum Gasteiger partial charge on any atom is -0.466 e. The lowest BCUT2D eigenvalue weighted by Gasteiger charge is -2.31. The number of aryl methyl sites for hydroxylation is 1. The highest BCUT2D eigenvalue weighted by Crippen LogP contribution is 2.30. The number of hydrogen-bond acceptors (Lipinski definition) is 3. The Bertz CT molecular complexity index is 581. The van der Waals surface area contributed by atoms with Gasteiger partial charge in [0.1, 0.15) is 0 Å². The zero-order chi connectivity index (χ0) is 14.7. The number of carbonyl (C=O) groups excluding carboxylic acids is 1. The predicted molar refractivity (Wildman–Crippen MR) is 82.1 cm³/mol. The van der Waals surface area contributed by atoms with Gasteiger partial charge >= 0.3 is 5.97 Å². The van der Waals surface area contributed by atoms with Crippen LogP contribution in [0.15, 0.2) is 35.5 Å². The smallest absolute Gasteiger partial charge is 0.337 e. The van der Waals surface area contributed by atoms with Crippen molar-refractivity contribution in [1.82, 2.24) is 10.6 Å². The van der Waals surface area contributed by atoms with Gasteiger partial charge in [0.2, 0.25) is 0 Å². The average Bonchev–Trinajstić information content (AvgIpc) is 2.46. The Morgan fingerprint density at radius 2 is 2.10 bits per heavy atom. The Kier molecular flexibility index (Phi) is 4.39. The molecular formula is C15H18N2O2S. The summed E-state index contributed by atoms with van der Waals surface area (Å²) in [6.07, 6.45) is 0.689. The Labute approximate surface area is 124 Å². The fourth-order valence-electron chi connectivity index (χ4n) is 2.39. The first-order chi connectivity index (χ1) is 9.58. The van der Waals surface area contributed by atoms with E-state index in [1.54, 1.807) is 0 Å². The summed E-state index contributed by atoms with van der Waals surface area (Å²) >= 11 is 5.24. The van der Waals surface area contributed by atoms with Crippen LogP contribution in [-0.4, -0.2) is 18.2 Å². The molecule has 1 aromatic rings. The first-order valence-corrected chi connectivity index (χ1v) is 6.93. The number of allylic oxidation sites excluding steroid dienone is 1. The van der Waals surface area contributed by atoms with Crippen LogP contribution in [0.5, 0.6) is 0 Å². The molecule has 0 aliphatic carbocycles. The van der Waals surface area contributed by atoms with E-state index in [4.69, 9.17) is 17.0 Å². The van der Waals surface area contributed by atoms with Crippen LogP contribution in [-0.2, 0) is 9.53 Å². The van der Waals surface area contributed by atoms with Crippen molar-refractivity contribution in [3.63, 3.8) is 0 Å². The van der Waals surface area contributed by atoms with Gasteiger partial charge in [-0.25, -0.2) is 4.79 Å². The molecule has 0 saturated carbocycles. The van der Waals surface area contributed by atoms with Crippen LogP contribution in [0.3, 0.4) is 0 Å². The second kappa shape index (κ2) is 6.05. The van der Waals surface area contributed by atoms with Gasteiger partial charge in [0.25, 0.3) is 0 Å². The lowest BCUT2D eigenvalue weighted by atomic mass is 9.92. The lowest BCUT2D eigenvalue weighted by molar-refractivity contribution is -0.136. The van der Waals surface area contributed by atoms with Gasteiger partial charge in [-0.2, -0.15) is 0 Å². The number of hydrogen-bond donors (Lipinski definition) is 2. The summed E-state index contributed by atoms with van der Waals surface area (Å²) in [4.78, 5) is 12.1. The minimum atomic E-state index is -0.336. The molecule has 20 heavy (non-hydrogen) atoms. The zero-order valence-corrected chi connectivity index (χ0v) is 12.6. The fourth-order valence-corrected chi connectivity index (χ4v) is 2.63. The first-order valence-electron chi connectivity index (χ1n) is 6.52. The summed E-state index contributed by atoms with van der Waals surface area (Å²) in [7, 11) is 1.39. The van der Waals surface area contributed by atoms with E-state index in [2.05, 4.69) is 10.6 Å². The number of esters is 1. The van der Waals surface area contributed by atoms with E-state index < -0.39 is 0 Å². The third-order valence-electron chi connectivity index (χ3n) is 3.41. The van der Waals surface area contributed by atoms with Crippen molar-refractivity contribution >= 4 is 23.3 Å². The van der Waals surface area contributed by atoms with E-state index in [1.165, 1.54) is 7.11 Å². The van der Waals surface area contributed by atoms with Crippen LogP contribution in [0, 0.1) is 6.92 Å². The van der Waals surface area contributed by atoms with Gasteiger partial charge in [0.15, 0.2) is 5.11 Å². The normalized spacial score (nSPS) is 18.4. The largest absolute Gasteiger partial charge is 0.466 e. The van der Waals surface area contributed by atoms with Crippen molar-refractivity contribution in [3.05, 3.63) is 46.7 Å². The zero-order valence-electron chi connectivity index (χ0n) is 11.8. The molecule has 0 saturated heterocycles. The molecule has 1 atom stereocenters. The summed E-state index contributed by atoms with van der Waals surface area (Å²) in [5.41, 5.74) is 3.54. The molecule has 4 nitrogen and oxygen atoms in total. The summed E-state index contributed by atoms with van der Waals surface area (Å²) in [6.45, 7) is 4.00. The van der Waals surface area contributed by atoms with Crippen molar-refractivity contribution in [2.24, 2.45) is 0 Å². The van der Waals surface area contributed by atoms with Crippen LogP contribution in [0.25, 0.3) is 0 Å². The number of carbonyl (C=O) groups is 1. The predicted octanol–water partition coefficient (Wildman–Crippen LogP) is 2.35. The standard InChI is InChI=1S/C15H18N2O2S/c1-4-11-12(14(18)19-3)13(17-15(20)16-11)10-8-6-5-7-9(10)2/h5-8,13H,4H2,1-3H3,(H2,16,17,20)/t13-/m1/s1. The Morgan fingerprint density at radius 1 is 1.40 bits per heavy atom. The highest BCUT2D eigenvalue weighted by atomic mass is 32.1. The Balaban J connectivity index is 2.56. The SMILES string of the molecule is CCC1=C(C(=O)OC)[C@@H](c2ccccc2C)NC(=S)N1. The molecule has 5 heteroatoms. The highest BCUT2D eigenvalue weighted by Gasteiger charge is 2.31. The van der Waals surface area contributed by atoms with E-state index in [0.717, 1.165) is 16.8 Å². The van der Waals surface area contributed by atoms with Gasteiger partial charge in [0, 0.05) is 5.70 Å². The summed E-state index contributed by atoms with van der Waals surface area (Å²) < 4.78 is 4.93. The van der Waals surface area contributed by atoms with Gasteiger partial charge in [-0.3, -0.25) is 0 Å². The van der Waals surface area contributed by atoms with E-state index in [9.17, 15) is 4.79 Å². The lowest BCUT2D eigenvalue weighted by Crippen LogP contribution is -2.45. The summed E-state index contributed by atoms with van der Waals surface area (Å²) in [5.74, 6) is -0.336. The van der Waals surface area contributed by atoms with Crippen LogP contribution < -0.4 is 10.6 Å². The number of methoxy groups -OCH3 is 1. The monoisotopic (exact) mass is 290 g/mol. The van der Waals surface area contributed by atoms with E-state index in [-0.39, 0.29) is 12.0 Å². The number of thiocarbonyl (C=S) groups is 1. The highest BCUT2D eigenvalue weighted by molar-refractivity contribution is 7.80. The van der Waals surface area contributed by atoms with Crippen LogP contribution >= 0.6 is 12.2 Å². The average molecular weight is 290 g/mol. The fraction of sp³-hybridized carbons (Fsp3) is 0.333. The molecule has 0 unspecified atom stereocenters. The quantitative estimate of drug-likeness (QED) is 0.661. The molecular weight excluding hydrogens is 272 g/mol. The molecule has 0 spiro atoms. The maximum Gasteiger partial charge on any atom is 0.337 e. The molecule has 0 aromatic heterocycles.